The number of aliphatic hydroxyl groups is 1. The molecule has 2 aliphatic rings. The second kappa shape index (κ2) is 4.70. The van der Waals surface area contributed by atoms with Crippen LogP contribution in [-0.4, -0.2) is 16.8 Å². The number of nitrogens with one attached hydrogen (secondary N) is 1. The first-order chi connectivity index (χ1) is 9.57. The van der Waals surface area contributed by atoms with Crippen molar-refractivity contribution in [2.45, 2.75) is 38.2 Å². The van der Waals surface area contributed by atoms with Crippen molar-refractivity contribution in [3.8, 4) is 0 Å². The van der Waals surface area contributed by atoms with E-state index in [1.54, 1.807) is 18.2 Å². The Morgan fingerprint density at radius 1 is 1.35 bits per heavy atom. The number of para-hydroxylation sites is 1. The number of fused-ring (bicyclic) bond motifs is 1. The van der Waals surface area contributed by atoms with Gasteiger partial charge in [-0.2, -0.15) is 0 Å². The van der Waals surface area contributed by atoms with E-state index in [-0.39, 0.29) is 5.78 Å². The Kier molecular flexibility index (Phi) is 3.13. The molecule has 0 saturated heterocycles. The molecule has 1 amide bonds. The minimum atomic E-state index is -1.69. The summed E-state index contributed by atoms with van der Waals surface area (Å²) in [6.07, 6.45) is 2.89. The number of carbonyl (C=O) groups is 2. The minimum Gasteiger partial charge on any atom is -0.375 e. The molecule has 1 saturated carbocycles. The average Bonchev–Trinajstić information content (AvgIpc) is 2.72. The highest BCUT2D eigenvalue weighted by atomic mass is 16.3. The molecule has 3 rings (SSSR count). The molecule has 1 aliphatic carbocycles. The first-order valence-corrected chi connectivity index (χ1v) is 7.23. The van der Waals surface area contributed by atoms with Crippen LogP contribution >= 0.6 is 0 Å². The molecule has 0 bridgehead atoms. The van der Waals surface area contributed by atoms with Gasteiger partial charge in [0.25, 0.3) is 5.91 Å². The van der Waals surface area contributed by atoms with Crippen molar-refractivity contribution in [1.29, 1.82) is 0 Å². The fourth-order valence-electron chi connectivity index (χ4n) is 3.49. The van der Waals surface area contributed by atoms with Crippen LogP contribution in [0, 0.1) is 11.8 Å². The topological polar surface area (TPSA) is 66.4 Å². The Morgan fingerprint density at radius 3 is 2.85 bits per heavy atom. The van der Waals surface area contributed by atoms with Crippen molar-refractivity contribution in [3.05, 3.63) is 29.8 Å². The van der Waals surface area contributed by atoms with Crippen molar-refractivity contribution in [2.75, 3.05) is 5.32 Å². The minimum absolute atomic E-state index is 0.00375. The number of ketones is 1. The summed E-state index contributed by atoms with van der Waals surface area (Å²) in [6.45, 7) is 2.09. The number of anilines is 1. The van der Waals surface area contributed by atoms with E-state index in [9.17, 15) is 14.7 Å². The van der Waals surface area contributed by atoms with Crippen LogP contribution < -0.4 is 5.32 Å². The van der Waals surface area contributed by atoms with Crippen molar-refractivity contribution in [1.82, 2.24) is 0 Å². The van der Waals surface area contributed by atoms with E-state index in [4.69, 9.17) is 0 Å². The number of carbonyl (C=O) groups excluding carboxylic acids is 2. The first kappa shape index (κ1) is 13.3. The van der Waals surface area contributed by atoms with Gasteiger partial charge in [-0.3, -0.25) is 9.59 Å². The Labute approximate surface area is 118 Å². The van der Waals surface area contributed by atoms with E-state index in [0.29, 0.717) is 30.0 Å². The number of amides is 1. The molecular formula is C16H19NO3. The molecule has 1 aliphatic heterocycles. The predicted octanol–water partition coefficient (Wildman–Crippen LogP) is 2.22. The molecule has 20 heavy (non-hydrogen) atoms. The summed E-state index contributed by atoms with van der Waals surface area (Å²) in [5.41, 5.74) is -0.534. The lowest BCUT2D eigenvalue weighted by Crippen LogP contribution is -2.47. The summed E-state index contributed by atoms with van der Waals surface area (Å²) in [7, 11) is 0. The van der Waals surface area contributed by atoms with Gasteiger partial charge in [0.15, 0.2) is 5.60 Å². The summed E-state index contributed by atoms with van der Waals surface area (Å²) < 4.78 is 0. The van der Waals surface area contributed by atoms with Gasteiger partial charge in [-0.15, -0.1) is 0 Å². The summed E-state index contributed by atoms with van der Waals surface area (Å²) >= 11 is 0. The molecule has 1 aromatic rings. The number of hydrogen-bond acceptors (Lipinski definition) is 3. The van der Waals surface area contributed by atoms with Gasteiger partial charge >= 0.3 is 0 Å². The molecule has 0 spiro atoms. The molecule has 4 nitrogen and oxygen atoms in total. The molecule has 1 fully saturated rings. The van der Waals surface area contributed by atoms with Gasteiger partial charge in [0.1, 0.15) is 5.78 Å². The van der Waals surface area contributed by atoms with Crippen LogP contribution in [0.15, 0.2) is 24.3 Å². The van der Waals surface area contributed by atoms with E-state index < -0.39 is 17.4 Å². The molecule has 106 valence electrons. The third-order valence-electron chi connectivity index (χ3n) is 4.77. The Bertz CT molecular complexity index is 569. The quantitative estimate of drug-likeness (QED) is 0.868. The largest absolute Gasteiger partial charge is 0.375 e. The summed E-state index contributed by atoms with van der Waals surface area (Å²) in [4.78, 5) is 24.5. The van der Waals surface area contributed by atoms with Crippen LogP contribution in [0.4, 0.5) is 5.69 Å². The second-order valence-corrected chi connectivity index (χ2v) is 5.83. The molecular weight excluding hydrogens is 254 g/mol. The number of hydrogen-bond donors (Lipinski definition) is 2. The van der Waals surface area contributed by atoms with Crippen LogP contribution in [0.25, 0.3) is 0 Å². The number of Topliss-reactive ketones (excluding diaryl/α,β-unsaturated/α-hetero) is 1. The monoisotopic (exact) mass is 273 g/mol. The van der Waals surface area contributed by atoms with Gasteiger partial charge in [0.05, 0.1) is 5.92 Å². The van der Waals surface area contributed by atoms with Gasteiger partial charge in [0, 0.05) is 17.7 Å². The highest BCUT2D eigenvalue weighted by molar-refractivity contribution is 6.08. The van der Waals surface area contributed by atoms with Gasteiger partial charge in [-0.1, -0.05) is 31.5 Å². The van der Waals surface area contributed by atoms with Crippen LogP contribution in [0.1, 0.15) is 38.2 Å². The van der Waals surface area contributed by atoms with Gasteiger partial charge in [-0.05, 0) is 24.8 Å². The van der Waals surface area contributed by atoms with E-state index >= 15 is 0 Å². The van der Waals surface area contributed by atoms with Crippen molar-refractivity contribution < 1.29 is 14.7 Å². The first-order valence-electron chi connectivity index (χ1n) is 7.23. The third-order valence-corrected chi connectivity index (χ3v) is 4.77. The zero-order valence-electron chi connectivity index (χ0n) is 11.6. The maximum Gasteiger partial charge on any atom is 0.261 e. The fraction of sp³-hybridized carbons (Fsp3) is 0.500. The Morgan fingerprint density at radius 2 is 2.10 bits per heavy atom. The SMILES string of the molecule is CC[C@H]1CCC(=O)[C@H]([C@]2(O)C(=O)Nc3ccccc32)C1. The van der Waals surface area contributed by atoms with Gasteiger partial charge < -0.3 is 10.4 Å². The van der Waals surface area contributed by atoms with Gasteiger partial charge in [0.2, 0.25) is 0 Å². The summed E-state index contributed by atoms with van der Waals surface area (Å²) in [6, 6.07) is 7.09. The van der Waals surface area contributed by atoms with Crippen LogP contribution in [0.5, 0.6) is 0 Å². The Hall–Kier alpha value is -1.68. The standard InChI is InChI=1S/C16H19NO3/c1-2-10-7-8-14(18)12(9-10)16(20)11-5-3-4-6-13(11)17-15(16)19/h3-6,10,12,20H,2,7-9H2,1H3,(H,17,19)/t10-,12+,16-/m0/s1. The van der Waals surface area contributed by atoms with Crippen molar-refractivity contribution in [2.24, 2.45) is 11.8 Å². The van der Waals surface area contributed by atoms with E-state index in [2.05, 4.69) is 12.2 Å². The highest BCUT2D eigenvalue weighted by Crippen LogP contribution is 2.46. The summed E-state index contributed by atoms with van der Waals surface area (Å²) in [5.74, 6) is -0.676. The second-order valence-electron chi connectivity index (χ2n) is 5.83. The maximum absolute atomic E-state index is 12.3. The highest BCUT2D eigenvalue weighted by Gasteiger charge is 2.54. The zero-order chi connectivity index (χ0) is 14.3. The molecule has 3 atom stereocenters. The van der Waals surface area contributed by atoms with E-state index in [1.165, 1.54) is 0 Å². The molecule has 0 aromatic heterocycles. The van der Waals surface area contributed by atoms with Crippen LogP contribution in [-0.2, 0) is 15.2 Å². The molecule has 2 N–H and O–H groups in total. The van der Waals surface area contributed by atoms with Gasteiger partial charge in [-0.25, -0.2) is 0 Å². The van der Waals surface area contributed by atoms with E-state index in [0.717, 1.165) is 12.8 Å². The van der Waals surface area contributed by atoms with Crippen LogP contribution in [0.3, 0.4) is 0 Å². The molecule has 0 radical (unpaired) electrons. The fourth-order valence-corrected chi connectivity index (χ4v) is 3.49. The predicted molar refractivity (Wildman–Crippen MR) is 75.1 cm³/mol. The van der Waals surface area contributed by atoms with E-state index in [1.807, 2.05) is 6.07 Å². The summed E-state index contributed by atoms with van der Waals surface area (Å²) in [5, 5.41) is 13.7. The lowest BCUT2D eigenvalue weighted by molar-refractivity contribution is -0.152. The smallest absolute Gasteiger partial charge is 0.261 e. The normalized spacial score (nSPS) is 32.9. The lowest BCUT2D eigenvalue weighted by atomic mass is 9.69. The molecule has 4 heteroatoms. The zero-order valence-corrected chi connectivity index (χ0v) is 11.6. The number of rotatable bonds is 2. The van der Waals surface area contributed by atoms with Crippen LogP contribution in [0.2, 0.25) is 0 Å². The van der Waals surface area contributed by atoms with Crippen molar-refractivity contribution >= 4 is 17.4 Å². The third kappa shape index (κ3) is 1.79. The average molecular weight is 273 g/mol. The maximum atomic E-state index is 12.3. The molecule has 0 unspecified atom stereocenters. The Balaban J connectivity index is 2.03. The molecule has 1 aromatic carbocycles. The molecule has 1 heterocycles. The lowest BCUT2D eigenvalue weighted by Gasteiger charge is -2.35. The number of benzene rings is 1. The van der Waals surface area contributed by atoms with Crippen molar-refractivity contribution in [3.63, 3.8) is 0 Å².